The van der Waals surface area contributed by atoms with Crippen molar-refractivity contribution in [3.8, 4) is 11.5 Å². The number of aromatic nitrogens is 4. The molecule has 2 aromatic carbocycles. The maximum absolute atomic E-state index is 14.2. The highest BCUT2D eigenvalue weighted by molar-refractivity contribution is 6.30. The van der Waals surface area contributed by atoms with Crippen LogP contribution in [0.4, 0.5) is 15.9 Å². The van der Waals surface area contributed by atoms with Crippen LogP contribution in [0.5, 0.6) is 11.5 Å². The first kappa shape index (κ1) is 18.9. The Morgan fingerprint density at radius 2 is 2.00 bits per heavy atom. The normalized spacial score (nSPS) is 10.9. The summed E-state index contributed by atoms with van der Waals surface area (Å²) in [5.74, 6) is 1.75. The summed E-state index contributed by atoms with van der Waals surface area (Å²) in [4.78, 5) is 12.8. The average molecular weight is 414 g/mol. The van der Waals surface area contributed by atoms with Crippen LogP contribution < -0.4 is 14.8 Å². The summed E-state index contributed by atoms with van der Waals surface area (Å²) in [5.41, 5.74) is 0.871. The molecule has 29 heavy (non-hydrogen) atoms. The zero-order valence-corrected chi connectivity index (χ0v) is 16.4. The van der Waals surface area contributed by atoms with Crippen LogP contribution >= 0.6 is 11.6 Å². The number of rotatable bonds is 6. The molecule has 4 aromatic rings. The Kier molecular flexibility index (Phi) is 5.18. The molecule has 4 rings (SSSR count). The largest absolute Gasteiger partial charge is 0.493 e. The molecule has 0 aliphatic rings. The van der Waals surface area contributed by atoms with Crippen LogP contribution in [0.2, 0.25) is 5.02 Å². The average Bonchev–Trinajstić information content (AvgIpc) is 3.12. The minimum absolute atomic E-state index is 0.253. The highest BCUT2D eigenvalue weighted by Gasteiger charge is 2.14. The molecule has 0 spiro atoms. The number of imidazole rings is 1. The van der Waals surface area contributed by atoms with Gasteiger partial charge in [-0.25, -0.2) is 19.3 Å². The zero-order chi connectivity index (χ0) is 20.4. The van der Waals surface area contributed by atoms with Crippen molar-refractivity contribution in [2.75, 3.05) is 12.4 Å². The van der Waals surface area contributed by atoms with Gasteiger partial charge in [-0.15, -0.1) is 0 Å². The Bertz CT molecular complexity index is 1180. The van der Waals surface area contributed by atoms with Gasteiger partial charge in [0.15, 0.2) is 11.5 Å². The molecule has 0 atom stereocenters. The van der Waals surface area contributed by atoms with Gasteiger partial charge in [0.1, 0.15) is 30.4 Å². The predicted molar refractivity (Wildman–Crippen MR) is 108 cm³/mol. The molecular weight excluding hydrogens is 397 g/mol. The lowest BCUT2D eigenvalue weighted by atomic mass is 10.2. The number of halogens is 2. The molecule has 0 amide bonds. The first-order valence-corrected chi connectivity index (χ1v) is 9.07. The van der Waals surface area contributed by atoms with Gasteiger partial charge >= 0.3 is 0 Å². The first-order valence-electron chi connectivity index (χ1n) is 8.69. The van der Waals surface area contributed by atoms with Crippen LogP contribution in [0, 0.1) is 5.82 Å². The Hall–Kier alpha value is -3.39. The van der Waals surface area contributed by atoms with E-state index in [0.29, 0.717) is 33.2 Å². The lowest BCUT2D eigenvalue weighted by Gasteiger charge is -2.14. The van der Waals surface area contributed by atoms with E-state index >= 15 is 0 Å². The summed E-state index contributed by atoms with van der Waals surface area (Å²) in [7, 11) is 3.44. The maximum atomic E-state index is 14.2. The fourth-order valence-electron chi connectivity index (χ4n) is 2.83. The molecule has 0 saturated heterocycles. The highest BCUT2D eigenvalue weighted by atomic mass is 35.5. The molecule has 0 aliphatic carbocycles. The molecule has 2 heterocycles. The number of nitrogens with one attached hydrogen (secondary N) is 1. The molecule has 0 fully saturated rings. The molecule has 9 heteroatoms. The number of nitrogens with zero attached hydrogens (tertiary/aromatic N) is 4. The number of hydrogen-bond acceptors (Lipinski definition) is 6. The van der Waals surface area contributed by atoms with E-state index in [-0.39, 0.29) is 12.3 Å². The van der Waals surface area contributed by atoms with E-state index in [4.69, 9.17) is 21.1 Å². The van der Waals surface area contributed by atoms with Gasteiger partial charge in [-0.3, -0.25) is 0 Å². The van der Waals surface area contributed by atoms with Crippen LogP contribution in [0.1, 0.15) is 5.82 Å². The Balaban J connectivity index is 1.68. The number of anilines is 2. The Morgan fingerprint density at radius 3 is 2.72 bits per heavy atom. The lowest BCUT2D eigenvalue weighted by molar-refractivity contribution is 0.273. The van der Waals surface area contributed by atoms with Crippen LogP contribution in [0.15, 0.2) is 49.1 Å². The number of aryl methyl sites for hydroxylation is 1. The minimum atomic E-state index is -0.480. The molecule has 2 aromatic heterocycles. The first-order chi connectivity index (χ1) is 14.0. The molecular formula is C20H17ClFN5O2. The van der Waals surface area contributed by atoms with Crippen LogP contribution in [-0.2, 0) is 13.7 Å². The van der Waals surface area contributed by atoms with Crippen LogP contribution in [-0.4, -0.2) is 26.6 Å². The van der Waals surface area contributed by atoms with Gasteiger partial charge in [0.25, 0.3) is 0 Å². The molecule has 1 N–H and O–H groups in total. The van der Waals surface area contributed by atoms with Crippen LogP contribution in [0.3, 0.4) is 0 Å². The second kappa shape index (κ2) is 7.92. The number of ether oxygens (including phenoxy) is 2. The standard InChI is InChI=1S/C20H17ClFN5O2/c1-27-6-5-23-19(27)10-29-18-9-16-13(8-17(18)28-2)20(25-11-24-16)26-15-4-3-12(21)7-14(15)22/h3-9,11H,10H2,1-2H3,(H,24,25,26). The molecule has 0 radical (unpaired) electrons. The minimum Gasteiger partial charge on any atom is -0.493 e. The van der Waals surface area contributed by atoms with E-state index in [1.54, 1.807) is 37.6 Å². The van der Waals surface area contributed by atoms with Gasteiger partial charge in [0.2, 0.25) is 0 Å². The quantitative estimate of drug-likeness (QED) is 0.502. The highest BCUT2D eigenvalue weighted by Crippen LogP contribution is 2.35. The van der Waals surface area contributed by atoms with E-state index in [2.05, 4.69) is 20.3 Å². The summed E-state index contributed by atoms with van der Waals surface area (Å²) in [6.45, 7) is 0.275. The van der Waals surface area contributed by atoms with E-state index in [1.807, 2.05) is 17.8 Å². The summed E-state index contributed by atoms with van der Waals surface area (Å²) in [6, 6.07) is 7.88. The number of fused-ring (bicyclic) bond motifs is 1. The molecule has 0 bridgehead atoms. The maximum Gasteiger partial charge on any atom is 0.164 e. The van der Waals surface area contributed by atoms with Gasteiger partial charge in [-0.2, -0.15) is 0 Å². The summed E-state index contributed by atoms with van der Waals surface area (Å²) in [5, 5.41) is 3.95. The van der Waals surface area contributed by atoms with Crippen molar-refractivity contribution in [1.82, 2.24) is 19.5 Å². The van der Waals surface area contributed by atoms with Crippen molar-refractivity contribution in [2.45, 2.75) is 6.61 Å². The third-order valence-electron chi connectivity index (χ3n) is 4.38. The van der Waals surface area contributed by atoms with Crippen molar-refractivity contribution in [3.05, 3.63) is 65.7 Å². The summed E-state index contributed by atoms with van der Waals surface area (Å²) in [6.07, 6.45) is 4.95. The van der Waals surface area contributed by atoms with E-state index in [1.165, 1.54) is 12.4 Å². The van der Waals surface area contributed by atoms with Gasteiger partial charge in [-0.1, -0.05) is 11.6 Å². The van der Waals surface area contributed by atoms with Crippen molar-refractivity contribution in [1.29, 1.82) is 0 Å². The fourth-order valence-corrected chi connectivity index (χ4v) is 2.99. The zero-order valence-electron chi connectivity index (χ0n) is 15.7. The third kappa shape index (κ3) is 3.93. The molecule has 0 aliphatic heterocycles. The summed E-state index contributed by atoms with van der Waals surface area (Å²) >= 11 is 5.82. The molecule has 7 nitrogen and oxygen atoms in total. The molecule has 148 valence electrons. The van der Waals surface area contributed by atoms with Crippen LogP contribution in [0.25, 0.3) is 10.9 Å². The Labute approximate surface area is 171 Å². The van der Waals surface area contributed by atoms with E-state index < -0.39 is 5.82 Å². The predicted octanol–water partition coefficient (Wildman–Crippen LogP) is 4.49. The van der Waals surface area contributed by atoms with Gasteiger partial charge in [-0.05, 0) is 24.3 Å². The Morgan fingerprint density at radius 1 is 1.14 bits per heavy atom. The number of hydrogen-bond donors (Lipinski definition) is 1. The second-order valence-corrected chi connectivity index (χ2v) is 6.67. The van der Waals surface area contributed by atoms with Crippen molar-refractivity contribution in [2.24, 2.45) is 7.05 Å². The van der Waals surface area contributed by atoms with E-state index in [0.717, 1.165) is 5.82 Å². The monoisotopic (exact) mass is 413 g/mol. The van der Waals surface area contributed by atoms with Crippen molar-refractivity contribution in [3.63, 3.8) is 0 Å². The van der Waals surface area contributed by atoms with Gasteiger partial charge in [0, 0.05) is 35.9 Å². The summed E-state index contributed by atoms with van der Waals surface area (Å²) < 4.78 is 27.4. The third-order valence-corrected chi connectivity index (χ3v) is 4.62. The smallest absolute Gasteiger partial charge is 0.164 e. The second-order valence-electron chi connectivity index (χ2n) is 6.23. The van der Waals surface area contributed by atoms with Gasteiger partial charge in [0.05, 0.1) is 18.3 Å². The molecule has 0 saturated carbocycles. The van der Waals surface area contributed by atoms with Gasteiger partial charge < -0.3 is 19.4 Å². The molecule has 0 unspecified atom stereocenters. The topological polar surface area (TPSA) is 74.1 Å². The number of benzene rings is 2. The number of methoxy groups -OCH3 is 1. The fraction of sp³-hybridized carbons (Fsp3) is 0.150. The van der Waals surface area contributed by atoms with Crippen molar-refractivity contribution >= 4 is 34.0 Å². The van der Waals surface area contributed by atoms with Crippen molar-refractivity contribution < 1.29 is 13.9 Å². The lowest BCUT2D eigenvalue weighted by Crippen LogP contribution is -2.04. The SMILES string of the molecule is COc1cc2c(Nc3ccc(Cl)cc3F)ncnc2cc1OCc1nccn1C. The van der Waals surface area contributed by atoms with E-state index in [9.17, 15) is 4.39 Å².